The van der Waals surface area contributed by atoms with Crippen LogP contribution < -0.4 is 4.80 Å². The van der Waals surface area contributed by atoms with Crippen LogP contribution in [0.5, 0.6) is 0 Å². The number of rotatable bonds is 4. The summed E-state index contributed by atoms with van der Waals surface area (Å²) in [4.78, 5) is 16.7. The number of fused-ring (bicyclic) bond motifs is 1. The summed E-state index contributed by atoms with van der Waals surface area (Å²) in [5.41, 5.74) is 1.32. The summed E-state index contributed by atoms with van der Waals surface area (Å²) in [6.07, 6.45) is 0. The second kappa shape index (κ2) is 7.25. The van der Waals surface area contributed by atoms with Crippen molar-refractivity contribution in [2.75, 3.05) is 13.7 Å². The Labute approximate surface area is 147 Å². The van der Waals surface area contributed by atoms with Gasteiger partial charge < -0.3 is 9.30 Å². The molecule has 0 spiro atoms. The van der Waals surface area contributed by atoms with E-state index >= 15 is 0 Å². The highest BCUT2D eigenvalue weighted by molar-refractivity contribution is 7.16. The largest absolute Gasteiger partial charge is 0.383 e. The molecule has 2 aromatic carbocycles. The Morgan fingerprint density at radius 2 is 1.88 bits per heavy atom. The van der Waals surface area contributed by atoms with Gasteiger partial charge in [-0.3, -0.25) is 4.79 Å². The Kier molecular flexibility index (Phi) is 5.06. The summed E-state index contributed by atoms with van der Waals surface area (Å²) in [5.74, 6) is -2.78. The average molecular weight is 362 g/mol. The predicted molar refractivity (Wildman–Crippen MR) is 92.7 cm³/mol. The van der Waals surface area contributed by atoms with Crippen LogP contribution in [-0.2, 0) is 11.3 Å². The minimum Gasteiger partial charge on any atom is -0.383 e. The average Bonchev–Trinajstić information content (AvgIpc) is 2.91. The number of thiazole rings is 1. The van der Waals surface area contributed by atoms with Crippen LogP contribution in [0.25, 0.3) is 10.2 Å². The number of carbonyl (C=O) groups is 1. The number of para-hydroxylation sites is 1. The fourth-order valence-corrected chi connectivity index (χ4v) is 3.76. The van der Waals surface area contributed by atoms with Gasteiger partial charge in [-0.25, -0.2) is 8.78 Å². The summed E-state index contributed by atoms with van der Waals surface area (Å²) in [6.45, 7) is 2.86. The van der Waals surface area contributed by atoms with E-state index in [1.54, 1.807) is 7.11 Å². The maximum Gasteiger partial charge on any atom is 0.285 e. The summed E-state index contributed by atoms with van der Waals surface area (Å²) in [5, 5.41) is 0. The van der Waals surface area contributed by atoms with Crippen LogP contribution in [0.4, 0.5) is 8.78 Å². The SMILES string of the molecule is COCCn1c(=NC(=O)c2c(F)cccc2F)sc2cccc(C)c21. The van der Waals surface area contributed by atoms with Crippen LogP contribution in [0, 0.1) is 18.6 Å². The topological polar surface area (TPSA) is 43.6 Å². The van der Waals surface area contributed by atoms with Gasteiger partial charge in [0.1, 0.15) is 17.2 Å². The Balaban J connectivity index is 2.19. The van der Waals surface area contributed by atoms with E-state index in [0.717, 1.165) is 27.9 Å². The maximum atomic E-state index is 13.8. The number of halogens is 2. The van der Waals surface area contributed by atoms with Crippen molar-refractivity contribution in [2.24, 2.45) is 4.99 Å². The van der Waals surface area contributed by atoms with Gasteiger partial charge in [-0.15, -0.1) is 0 Å². The van der Waals surface area contributed by atoms with Crippen molar-refractivity contribution in [1.29, 1.82) is 0 Å². The molecule has 0 radical (unpaired) electrons. The standard InChI is InChI=1S/C18H16F2N2O2S/c1-11-5-3-8-14-16(11)22(9-10-24-2)18(25-14)21-17(23)15-12(19)6-4-7-13(15)20/h3-8H,9-10H2,1-2H3. The van der Waals surface area contributed by atoms with Crippen LogP contribution in [0.2, 0.25) is 0 Å². The fourth-order valence-electron chi connectivity index (χ4n) is 2.63. The van der Waals surface area contributed by atoms with Crippen LogP contribution >= 0.6 is 11.3 Å². The van der Waals surface area contributed by atoms with Gasteiger partial charge in [0.2, 0.25) is 0 Å². The molecule has 0 saturated heterocycles. The number of benzene rings is 2. The first-order valence-corrected chi connectivity index (χ1v) is 8.45. The molecule has 7 heteroatoms. The highest BCUT2D eigenvalue weighted by atomic mass is 32.1. The molecule has 1 heterocycles. The number of ether oxygens (including phenoxy) is 1. The molecule has 0 saturated carbocycles. The smallest absolute Gasteiger partial charge is 0.285 e. The maximum absolute atomic E-state index is 13.8. The van der Waals surface area contributed by atoms with E-state index in [1.807, 2.05) is 29.7 Å². The highest BCUT2D eigenvalue weighted by Crippen LogP contribution is 2.21. The van der Waals surface area contributed by atoms with Gasteiger partial charge >= 0.3 is 0 Å². The molecule has 0 bridgehead atoms. The summed E-state index contributed by atoms with van der Waals surface area (Å²) in [7, 11) is 1.58. The first kappa shape index (κ1) is 17.4. The molecule has 3 rings (SSSR count). The number of nitrogens with zero attached hydrogens (tertiary/aromatic N) is 2. The third kappa shape index (κ3) is 3.38. The summed E-state index contributed by atoms with van der Waals surface area (Å²) < 4.78 is 35.6. The summed E-state index contributed by atoms with van der Waals surface area (Å²) >= 11 is 1.30. The van der Waals surface area contributed by atoms with E-state index in [9.17, 15) is 13.6 Å². The minimum absolute atomic E-state index is 0.383. The van der Waals surface area contributed by atoms with Crippen molar-refractivity contribution in [3.63, 3.8) is 0 Å². The van der Waals surface area contributed by atoms with Crippen molar-refractivity contribution in [1.82, 2.24) is 4.57 Å². The lowest BCUT2D eigenvalue weighted by atomic mass is 10.2. The van der Waals surface area contributed by atoms with Crippen LogP contribution in [0.3, 0.4) is 0 Å². The number of aryl methyl sites for hydroxylation is 1. The normalized spacial score (nSPS) is 12.1. The molecule has 0 aliphatic heterocycles. The molecule has 0 N–H and O–H groups in total. The Morgan fingerprint density at radius 1 is 1.20 bits per heavy atom. The number of hydrogen-bond donors (Lipinski definition) is 0. The third-order valence-electron chi connectivity index (χ3n) is 3.80. The van der Waals surface area contributed by atoms with Gasteiger partial charge in [0.15, 0.2) is 4.80 Å². The number of hydrogen-bond acceptors (Lipinski definition) is 3. The van der Waals surface area contributed by atoms with E-state index in [1.165, 1.54) is 17.4 Å². The lowest BCUT2D eigenvalue weighted by Crippen LogP contribution is -2.20. The minimum atomic E-state index is -0.939. The number of methoxy groups -OCH3 is 1. The van der Waals surface area contributed by atoms with E-state index in [-0.39, 0.29) is 0 Å². The number of carbonyl (C=O) groups excluding carboxylic acids is 1. The number of aromatic nitrogens is 1. The van der Waals surface area contributed by atoms with Gasteiger partial charge in [0, 0.05) is 13.7 Å². The molecule has 3 aromatic rings. The molecule has 1 aromatic heterocycles. The van der Waals surface area contributed by atoms with Crippen molar-refractivity contribution >= 4 is 27.5 Å². The van der Waals surface area contributed by atoms with Gasteiger partial charge in [-0.2, -0.15) is 4.99 Å². The second-order valence-electron chi connectivity index (χ2n) is 5.46. The van der Waals surface area contributed by atoms with Gasteiger partial charge in [-0.1, -0.05) is 29.5 Å². The molecule has 0 fully saturated rings. The monoisotopic (exact) mass is 362 g/mol. The quantitative estimate of drug-likeness (QED) is 0.711. The first-order chi connectivity index (χ1) is 12.0. The van der Waals surface area contributed by atoms with Crippen molar-refractivity contribution in [3.8, 4) is 0 Å². The molecule has 4 nitrogen and oxygen atoms in total. The lowest BCUT2D eigenvalue weighted by Gasteiger charge is -2.06. The molecule has 130 valence electrons. The zero-order valence-electron chi connectivity index (χ0n) is 13.8. The molecule has 0 unspecified atom stereocenters. The Bertz CT molecular complexity index is 988. The van der Waals surface area contributed by atoms with Crippen molar-refractivity contribution in [2.45, 2.75) is 13.5 Å². The molecule has 0 aliphatic carbocycles. The van der Waals surface area contributed by atoms with E-state index in [2.05, 4.69) is 4.99 Å². The Hall–Kier alpha value is -2.38. The highest BCUT2D eigenvalue weighted by Gasteiger charge is 2.17. The lowest BCUT2D eigenvalue weighted by molar-refractivity contribution is 0.0989. The zero-order valence-corrected chi connectivity index (χ0v) is 14.6. The van der Waals surface area contributed by atoms with Gasteiger partial charge in [0.05, 0.1) is 16.8 Å². The molecule has 1 amide bonds. The second-order valence-corrected chi connectivity index (χ2v) is 6.47. The van der Waals surface area contributed by atoms with Gasteiger partial charge in [-0.05, 0) is 30.7 Å². The Morgan fingerprint density at radius 3 is 2.56 bits per heavy atom. The molecule has 25 heavy (non-hydrogen) atoms. The zero-order chi connectivity index (χ0) is 18.0. The van der Waals surface area contributed by atoms with E-state index < -0.39 is 23.1 Å². The molecular weight excluding hydrogens is 346 g/mol. The van der Waals surface area contributed by atoms with Crippen LogP contribution in [-0.4, -0.2) is 24.2 Å². The molecule has 0 aliphatic rings. The van der Waals surface area contributed by atoms with Crippen molar-refractivity contribution in [3.05, 3.63) is 64.0 Å². The van der Waals surface area contributed by atoms with Crippen molar-refractivity contribution < 1.29 is 18.3 Å². The van der Waals surface area contributed by atoms with E-state index in [4.69, 9.17) is 4.74 Å². The molecular formula is C18H16F2N2O2S. The molecule has 0 atom stereocenters. The third-order valence-corrected chi connectivity index (χ3v) is 4.84. The van der Waals surface area contributed by atoms with Gasteiger partial charge in [0.25, 0.3) is 5.91 Å². The summed E-state index contributed by atoms with van der Waals surface area (Å²) in [6, 6.07) is 9.09. The fraction of sp³-hybridized carbons (Fsp3) is 0.222. The number of amides is 1. The first-order valence-electron chi connectivity index (χ1n) is 7.64. The van der Waals surface area contributed by atoms with Crippen LogP contribution in [0.15, 0.2) is 41.4 Å². The van der Waals surface area contributed by atoms with E-state index in [0.29, 0.717) is 18.0 Å². The predicted octanol–water partition coefficient (Wildman–Crippen LogP) is 3.68. The van der Waals surface area contributed by atoms with Crippen LogP contribution in [0.1, 0.15) is 15.9 Å².